The lowest BCUT2D eigenvalue weighted by molar-refractivity contribution is 0.0811. The minimum Gasteiger partial charge on any atom is -0.491 e. The predicted octanol–water partition coefficient (Wildman–Crippen LogP) is 4.83. The van der Waals surface area contributed by atoms with E-state index in [9.17, 15) is 9.59 Å². The number of hydrogen-bond acceptors (Lipinski definition) is 5. The Morgan fingerprint density at radius 3 is 2.81 bits per heavy atom. The maximum atomic E-state index is 13.0. The third-order valence-corrected chi connectivity index (χ3v) is 5.85. The van der Waals surface area contributed by atoms with Gasteiger partial charge in [-0.3, -0.25) is 14.5 Å². The van der Waals surface area contributed by atoms with Gasteiger partial charge in [-0.2, -0.15) is 0 Å². The van der Waals surface area contributed by atoms with Crippen molar-refractivity contribution in [3.63, 3.8) is 0 Å². The monoisotopic (exact) mass is 385 g/mol. The molecule has 1 aliphatic heterocycles. The zero-order valence-electron chi connectivity index (χ0n) is 16.2. The number of likely N-dealkylation sites (tertiary alicyclic amines) is 1. The molecule has 2 heterocycles. The van der Waals surface area contributed by atoms with E-state index in [2.05, 4.69) is 10.3 Å². The molecule has 0 unspecified atom stereocenters. The quantitative estimate of drug-likeness (QED) is 0.640. The highest BCUT2D eigenvalue weighted by molar-refractivity contribution is 7.12. The summed E-state index contributed by atoms with van der Waals surface area (Å²) in [6.45, 7) is 8.11. The fourth-order valence-corrected chi connectivity index (χ4v) is 4.35. The van der Waals surface area contributed by atoms with Crippen LogP contribution >= 0.6 is 11.3 Å². The summed E-state index contributed by atoms with van der Waals surface area (Å²) in [4.78, 5) is 27.6. The Kier molecular flexibility index (Phi) is 6.45. The van der Waals surface area contributed by atoms with Crippen LogP contribution in [0.25, 0.3) is 0 Å². The molecule has 2 aromatic rings. The fraction of sp³-hybridized carbons (Fsp3) is 0.455. The summed E-state index contributed by atoms with van der Waals surface area (Å²) in [5.41, 5.74) is 1.89. The van der Waals surface area contributed by atoms with Crippen LogP contribution in [0.5, 0.6) is 5.75 Å². The number of thiophene rings is 1. The van der Waals surface area contributed by atoms with Gasteiger partial charge in [0.15, 0.2) is 11.6 Å². The van der Waals surface area contributed by atoms with E-state index in [1.54, 1.807) is 6.92 Å². The second kappa shape index (κ2) is 8.81. The normalized spacial score (nSPS) is 17.9. The first kappa shape index (κ1) is 19.8. The van der Waals surface area contributed by atoms with Crippen LogP contribution in [0.4, 0.5) is 0 Å². The number of rotatable bonds is 7. The van der Waals surface area contributed by atoms with Crippen molar-refractivity contribution in [2.45, 2.75) is 46.3 Å². The van der Waals surface area contributed by atoms with Gasteiger partial charge in [0.05, 0.1) is 11.0 Å². The van der Waals surface area contributed by atoms with Crippen molar-refractivity contribution < 1.29 is 14.3 Å². The number of piperidine rings is 1. The summed E-state index contributed by atoms with van der Waals surface area (Å²) in [5, 5.41) is 2.05. The molecular weight excluding hydrogens is 358 g/mol. The average molecular weight is 386 g/mol. The standard InChI is InChI=1S/C22H27NO3S/c1-15(2)26-20-8-4-6-18(11-20)22(25)19-7-5-9-23(13-19)12-17-10-21(16(3)24)27-14-17/h4,6,8,10-11,14-15,19H,5,7,9,12-13H2,1-3H3/t19-/m0/s1. The number of carbonyl (C=O) groups excluding carboxylic acids is 2. The number of nitrogens with zero attached hydrogens (tertiary/aromatic N) is 1. The van der Waals surface area contributed by atoms with Gasteiger partial charge in [-0.25, -0.2) is 0 Å². The van der Waals surface area contributed by atoms with Crippen molar-refractivity contribution in [1.82, 2.24) is 4.90 Å². The third-order valence-electron chi connectivity index (χ3n) is 4.77. The van der Waals surface area contributed by atoms with Gasteiger partial charge in [-0.15, -0.1) is 11.3 Å². The lowest BCUT2D eigenvalue weighted by atomic mass is 9.90. The Morgan fingerprint density at radius 1 is 1.30 bits per heavy atom. The first-order valence-electron chi connectivity index (χ1n) is 9.54. The molecule has 1 atom stereocenters. The topological polar surface area (TPSA) is 46.6 Å². The predicted molar refractivity (Wildman–Crippen MR) is 109 cm³/mol. The summed E-state index contributed by atoms with van der Waals surface area (Å²) in [6.07, 6.45) is 2.03. The highest BCUT2D eigenvalue weighted by Gasteiger charge is 2.27. The van der Waals surface area contributed by atoms with Crippen molar-refractivity contribution in [1.29, 1.82) is 0 Å². The second-order valence-electron chi connectivity index (χ2n) is 7.51. The van der Waals surface area contributed by atoms with Gasteiger partial charge in [-0.05, 0) is 69.3 Å². The SMILES string of the molecule is CC(=O)c1cc(CN2CCC[C@H](C(=O)c3cccc(OC(C)C)c3)C2)cs1. The van der Waals surface area contributed by atoms with Crippen molar-refractivity contribution in [2.24, 2.45) is 5.92 Å². The molecule has 1 aromatic heterocycles. The highest BCUT2D eigenvalue weighted by Crippen LogP contribution is 2.25. The fourth-order valence-electron chi connectivity index (χ4n) is 3.55. The molecule has 5 heteroatoms. The van der Waals surface area contributed by atoms with Crippen LogP contribution in [-0.2, 0) is 6.54 Å². The maximum absolute atomic E-state index is 13.0. The van der Waals surface area contributed by atoms with Gasteiger partial charge >= 0.3 is 0 Å². The minimum atomic E-state index is 0.0129. The zero-order chi connectivity index (χ0) is 19.4. The van der Waals surface area contributed by atoms with Crippen LogP contribution < -0.4 is 4.74 Å². The van der Waals surface area contributed by atoms with Crippen molar-refractivity contribution in [3.05, 3.63) is 51.7 Å². The van der Waals surface area contributed by atoms with E-state index < -0.39 is 0 Å². The van der Waals surface area contributed by atoms with Gasteiger partial charge < -0.3 is 4.74 Å². The molecule has 1 saturated heterocycles. The summed E-state index contributed by atoms with van der Waals surface area (Å²) in [6, 6.07) is 9.50. The van der Waals surface area contributed by atoms with Gasteiger partial charge in [0, 0.05) is 24.6 Å². The Labute approximate surface area is 165 Å². The zero-order valence-corrected chi connectivity index (χ0v) is 17.1. The number of hydrogen-bond donors (Lipinski definition) is 0. The molecule has 0 bridgehead atoms. The smallest absolute Gasteiger partial charge is 0.169 e. The van der Waals surface area contributed by atoms with Crippen molar-refractivity contribution >= 4 is 22.9 Å². The molecule has 3 rings (SSSR count). The van der Waals surface area contributed by atoms with Crippen LogP contribution in [0.1, 0.15) is 59.2 Å². The lowest BCUT2D eigenvalue weighted by Crippen LogP contribution is -2.38. The highest BCUT2D eigenvalue weighted by atomic mass is 32.1. The molecule has 1 aromatic carbocycles. The van der Waals surface area contributed by atoms with E-state index in [0.717, 1.165) is 54.2 Å². The summed E-state index contributed by atoms with van der Waals surface area (Å²) < 4.78 is 5.73. The minimum absolute atomic E-state index is 0.0129. The molecule has 0 aliphatic carbocycles. The van der Waals surface area contributed by atoms with Crippen LogP contribution in [0.15, 0.2) is 35.7 Å². The Bertz CT molecular complexity index is 811. The Balaban J connectivity index is 1.64. The van der Waals surface area contributed by atoms with Crippen LogP contribution in [0.2, 0.25) is 0 Å². The number of Topliss-reactive ketones (excluding diaryl/α,β-unsaturated/α-hetero) is 2. The number of ketones is 2. The van der Waals surface area contributed by atoms with E-state index in [1.807, 2.05) is 44.2 Å². The largest absolute Gasteiger partial charge is 0.491 e. The summed E-state index contributed by atoms with van der Waals surface area (Å²) in [7, 11) is 0. The Morgan fingerprint density at radius 2 is 2.11 bits per heavy atom. The maximum Gasteiger partial charge on any atom is 0.169 e. The molecular formula is C22H27NO3S. The van der Waals surface area contributed by atoms with E-state index in [4.69, 9.17) is 4.74 Å². The molecule has 0 spiro atoms. The first-order chi connectivity index (χ1) is 12.9. The van der Waals surface area contributed by atoms with Gasteiger partial charge in [0.25, 0.3) is 0 Å². The molecule has 144 valence electrons. The summed E-state index contributed by atoms with van der Waals surface area (Å²) in [5.74, 6) is 1.07. The number of carbonyl (C=O) groups is 2. The van der Waals surface area contributed by atoms with Crippen LogP contribution in [0.3, 0.4) is 0 Å². The number of ether oxygens (including phenoxy) is 1. The van der Waals surface area contributed by atoms with Gasteiger partial charge in [-0.1, -0.05) is 12.1 Å². The molecule has 27 heavy (non-hydrogen) atoms. The van der Waals surface area contributed by atoms with Crippen LogP contribution in [0, 0.1) is 5.92 Å². The van der Waals surface area contributed by atoms with Crippen molar-refractivity contribution in [2.75, 3.05) is 13.1 Å². The first-order valence-corrected chi connectivity index (χ1v) is 10.4. The third kappa shape index (κ3) is 5.27. The lowest BCUT2D eigenvalue weighted by Gasteiger charge is -2.31. The molecule has 0 N–H and O–H groups in total. The Hall–Kier alpha value is -1.98. The van der Waals surface area contributed by atoms with Crippen LogP contribution in [-0.4, -0.2) is 35.7 Å². The molecule has 0 amide bonds. The van der Waals surface area contributed by atoms with Gasteiger partial charge in [0.2, 0.25) is 0 Å². The number of benzene rings is 1. The summed E-state index contributed by atoms with van der Waals surface area (Å²) >= 11 is 1.50. The molecule has 1 aliphatic rings. The van der Waals surface area contributed by atoms with Crippen molar-refractivity contribution in [3.8, 4) is 5.75 Å². The second-order valence-corrected chi connectivity index (χ2v) is 8.42. The van der Waals surface area contributed by atoms with E-state index in [-0.39, 0.29) is 23.6 Å². The average Bonchev–Trinajstić information content (AvgIpc) is 3.10. The van der Waals surface area contributed by atoms with E-state index in [0.29, 0.717) is 0 Å². The van der Waals surface area contributed by atoms with E-state index in [1.165, 1.54) is 11.3 Å². The van der Waals surface area contributed by atoms with Gasteiger partial charge in [0.1, 0.15) is 5.75 Å². The molecule has 0 radical (unpaired) electrons. The van der Waals surface area contributed by atoms with E-state index >= 15 is 0 Å². The molecule has 0 saturated carbocycles. The molecule has 1 fully saturated rings. The molecule has 4 nitrogen and oxygen atoms in total.